The van der Waals surface area contributed by atoms with Gasteiger partial charge in [0.2, 0.25) is 10.0 Å². The van der Waals surface area contributed by atoms with E-state index >= 15 is 0 Å². The number of nitro groups is 1. The first-order valence-electron chi connectivity index (χ1n) is 8.81. The summed E-state index contributed by atoms with van der Waals surface area (Å²) in [7, 11) is 1.16. The second-order valence-electron chi connectivity index (χ2n) is 6.55. The zero-order valence-corrected chi connectivity index (χ0v) is 19.1. The van der Waals surface area contributed by atoms with Crippen LogP contribution in [-0.2, 0) is 10.0 Å². The van der Waals surface area contributed by atoms with Crippen LogP contribution in [0.15, 0.2) is 17.0 Å². The molecule has 0 aliphatic carbocycles. The van der Waals surface area contributed by atoms with E-state index in [2.05, 4.69) is 21.9 Å². The lowest BCUT2D eigenvalue weighted by Crippen LogP contribution is -2.35. The largest absolute Gasteiger partial charge is 0.369 e. The summed E-state index contributed by atoms with van der Waals surface area (Å²) in [5.74, 6) is 2.44. The van der Waals surface area contributed by atoms with Gasteiger partial charge in [0, 0.05) is 50.7 Å². The molecule has 0 atom stereocenters. The normalized spacial score (nSPS) is 11.6. The number of sulfonamides is 1. The van der Waals surface area contributed by atoms with Gasteiger partial charge < -0.3 is 9.80 Å². The molecule has 28 heavy (non-hydrogen) atoms. The Morgan fingerprint density at radius 3 is 2.29 bits per heavy atom. The fraction of sp³-hybridized carbons (Fsp3) is 0.556. The Kier molecular flexibility index (Phi) is 9.36. The number of rotatable bonds is 11. The van der Waals surface area contributed by atoms with E-state index in [0.29, 0.717) is 30.7 Å². The Balaban J connectivity index is 3.70. The number of terminal acetylenes is 1. The van der Waals surface area contributed by atoms with Crippen molar-refractivity contribution >= 4 is 37.3 Å². The fourth-order valence-corrected chi connectivity index (χ4v) is 4.51. The summed E-state index contributed by atoms with van der Waals surface area (Å²) in [5.41, 5.74) is 0.195. The molecule has 0 aliphatic rings. The van der Waals surface area contributed by atoms with Crippen molar-refractivity contribution in [1.82, 2.24) is 9.21 Å². The van der Waals surface area contributed by atoms with Gasteiger partial charge in [-0.05, 0) is 20.5 Å². The molecule has 0 bridgehead atoms. The SMILES string of the molecule is C#Cc1cc([N+](=O)[O-])cc(S(=O)(=O)N(C)CCN(C)C)c1N(CCC)CCBr. The van der Waals surface area contributed by atoms with Gasteiger partial charge in [0.25, 0.3) is 5.69 Å². The van der Waals surface area contributed by atoms with Gasteiger partial charge in [-0.2, -0.15) is 4.31 Å². The molecule has 1 aromatic carbocycles. The van der Waals surface area contributed by atoms with Crippen molar-refractivity contribution in [2.24, 2.45) is 0 Å². The van der Waals surface area contributed by atoms with Gasteiger partial charge in [0.1, 0.15) is 4.90 Å². The summed E-state index contributed by atoms with van der Waals surface area (Å²) >= 11 is 3.38. The van der Waals surface area contributed by atoms with Crippen LogP contribution in [0.3, 0.4) is 0 Å². The molecule has 0 spiro atoms. The van der Waals surface area contributed by atoms with Crippen molar-refractivity contribution in [3.05, 3.63) is 27.8 Å². The molecular weight excluding hydrogens is 448 g/mol. The van der Waals surface area contributed by atoms with Crippen molar-refractivity contribution in [3.63, 3.8) is 0 Å². The minimum Gasteiger partial charge on any atom is -0.369 e. The zero-order valence-electron chi connectivity index (χ0n) is 16.7. The molecular formula is C18H27BrN4O4S. The summed E-state index contributed by atoms with van der Waals surface area (Å²) in [6, 6.07) is 2.36. The van der Waals surface area contributed by atoms with Crippen LogP contribution in [0.5, 0.6) is 0 Å². The second-order valence-corrected chi connectivity index (χ2v) is 9.35. The lowest BCUT2D eigenvalue weighted by atomic mass is 10.1. The molecule has 0 radical (unpaired) electrons. The number of hydrogen-bond acceptors (Lipinski definition) is 6. The van der Waals surface area contributed by atoms with Gasteiger partial charge in [0.05, 0.1) is 16.2 Å². The maximum Gasteiger partial charge on any atom is 0.272 e. The summed E-state index contributed by atoms with van der Waals surface area (Å²) in [6.45, 7) is 3.82. The molecule has 0 fully saturated rings. The topological polar surface area (TPSA) is 87.0 Å². The van der Waals surface area contributed by atoms with E-state index in [9.17, 15) is 18.5 Å². The average Bonchev–Trinajstić information content (AvgIpc) is 2.64. The molecule has 1 aromatic rings. The second kappa shape index (κ2) is 10.8. The van der Waals surface area contributed by atoms with E-state index in [0.717, 1.165) is 12.5 Å². The van der Waals surface area contributed by atoms with E-state index in [4.69, 9.17) is 6.42 Å². The summed E-state index contributed by atoms with van der Waals surface area (Å²) in [5, 5.41) is 12.0. The van der Waals surface area contributed by atoms with Gasteiger partial charge in [0.15, 0.2) is 0 Å². The van der Waals surface area contributed by atoms with Crippen LogP contribution in [0, 0.1) is 22.5 Å². The van der Waals surface area contributed by atoms with Crippen LogP contribution >= 0.6 is 15.9 Å². The number of likely N-dealkylation sites (N-methyl/N-ethyl adjacent to an activating group) is 2. The molecule has 0 unspecified atom stereocenters. The van der Waals surface area contributed by atoms with Crippen molar-refractivity contribution in [2.75, 3.05) is 57.6 Å². The highest BCUT2D eigenvalue weighted by Gasteiger charge is 2.30. The Morgan fingerprint density at radius 2 is 1.82 bits per heavy atom. The summed E-state index contributed by atoms with van der Waals surface area (Å²) in [6.07, 6.45) is 6.38. The predicted molar refractivity (Wildman–Crippen MR) is 116 cm³/mol. The molecule has 0 aromatic heterocycles. The van der Waals surface area contributed by atoms with E-state index in [-0.39, 0.29) is 22.7 Å². The van der Waals surface area contributed by atoms with Gasteiger partial charge in [-0.1, -0.05) is 28.8 Å². The van der Waals surface area contributed by atoms with Crippen LogP contribution in [-0.4, -0.2) is 75.2 Å². The monoisotopic (exact) mass is 474 g/mol. The standard InChI is InChI=1S/C18H27BrN4O4S/c1-6-9-22(10-8-19)18-15(7-2)13-16(23(24)25)14-17(18)28(26,27)21(5)12-11-20(3)4/h2,13-14H,6,8-12H2,1,3-5H3. The number of hydrogen-bond donors (Lipinski definition) is 0. The number of nitrogens with zero attached hydrogens (tertiary/aromatic N) is 4. The first kappa shape index (κ1) is 24.4. The molecule has 8 nitrogen and oxygen atoms in total. The molecule has 0 N–H and O–H groups in total. The molecule has 0 aliphatic heterocycles. The maximum absolute atomic E-state index is 13.3. The minimum absolute atomic E-state index is 0.134. The van der Waals surface area contributed by atoms with Gasteiger partial charge in [-0.15, -0.1) is 6.42 Å². The molecule has 0 saturated carbocycles. The number of anilines is 1. The third-order valence-electron chi connectivity index (χ3n) is 4.14. The Labute approximate surface area is 175 Å². The van der Waals surface area contributed by atoms with Crippen molar-refractivity contribution in [3.8, 4) is 12.3 Å². The highest BCUT2D eigenvalue weighted by molar-refractivity contribution is 9.09. The first-order valence-corrected chi connectivity index (χ1v) is 11.4. The molecule has 0 saturated heterocycles. The molecule has 0 amide bonds. The van der Waals surface area contributed by atoms with E-state index < -0.39 is 14.9 Å². The number of non-ortho nitro benzene ring substituents is 1. The fourth-order valence-electron chi connectivity index (χ4n) is 2.67. The van der Waals surface area contributed by atoms with Crippen molar-refractivity contribution < 1.29 is 13.3 Å². The Morgan fingerprint density at radius 1 is 1.18 bits per heavy atom. The average molecular weight is 475 g/mol. The summed E-state index contributed by atoms with van der Waals surface area (Å²) in [4.78, 5) is 14.3. The van der Waals surface area contributed by atoms with Gasteiger partial charge in [-0.25, -0.2) is 8.42 Å². The number of benzene rings is 1. The molecule has 1 rings (SSSR count). The van der Waals surface area contributed by atoms with E-state index in [1.807, 2.05) is 30.8 Å². The number of halogens is 1. The van der Waals surface area contributed by atoms with Gasteiger partial charge >= 0.3 is 0 Å². The maximum atomic E-state index is 13.3. The Bertz CT molecular complexity index is 831. The molecule has 10 heteroatoms. The van der Waals surface area contributed by atoms with Crippen LogP contribution < -0.4 is 4.90 Å². The quantitative estimate of drug-likeness (QED) is 0.211. The van der Waals surface area contributed by atoms with Crippen LogP contribution in [0.1, 0.15) is 18.9 Å². The lowest BCUT2D eigenvalue weighted by Gasteiger charge is -2.29. The van der Waals surface area contributed by atoms with E-state index in [1.165, 1.54) is 17.4 Å². The highest BCUT2D eigenvalue weighted by Crippen LogP contribution is 2.35. The van der Waals surface area contributed by atoms with Crippen molar-refractivity contribution in [2.45, 2.75) is 18.2 Å². The van der Waals surface area contributed by atoms with Crippen molar-refractivity contribution in [1.29, 1.82) is 0 Å². The number of nitro benzene ring substituents is 1. The zero-order chi connectivity index (χ0) is 21.5. The van der Waals surface area contributed by atoms with Crippen LogP contribution in [0.25, 0.3) is 0 Å². The molecule has 156 valence electrons. The Hall–Kier alpha value is -1.67. The van der Waals surface area contributed by atoms with E-state index in [1.54, 1.807) is 0 Å². The highest BCUT2D eigenvalue weighted by atomic mass is 79.9. The van der Waals surface area contributed by atoms with Crippen LogP contribution in [0.2, 0.25) is 0 Å². The van der Waals surface area contributed by atoms with Gasteiger partial charge in [-0.3, -0.25) is 10.1 Å². The third-order valence-corrected chi connectivity index (χ3v) is 6.37. The smallest absolute Gasteiger partial charge is 0.272 e. The molecule has 0 heterocycles. The third kappa shape index (κ3) is 5.91. The number of alkyl halides is 1. The lowest BCUT2D eigenvalue weighted by molar-refractivity contribution is -0.385. The first-order chi connectivity index (χ1) is 13.1. The predicted octanol–water partition coefficient (Wildman–Crippen LogP) is 2.37. The summed E-state index contributed by atoms with van der Waals surface area (Å²) < 4.78 is 27.8. The minimum atomic E-state index is -3.99. The van der Waals surface area contributed by atoms with Crippen LogP contribution in [0.4, 0.5) is 11.4 Å².